The monoisotopic (exact) mass is 219 g/mol. The lowest BCUT2D eigenvalue weighted by molar-refractivity contribution is 1.40. The van der Waals surface area contributed by atoms with E-state index in [2.05, 4.69) is 10.9 Å². The summed E-state index contributed by atoms with van der Waals surface area (Å²) >= 11 is 0. The van der Waals surface area contributed by atoms with E-state index >= 15 is 0 Å². The number of para-hydroxylation sites is 1. The highest BCUT2D eigenvalue weighted by molar-refractivity contribution is 6.13. The topological polar surface area (TPSA) is 12.4 Å². The van der Waals surface area contributed by atoms with Crippen molar-refractivity contribution in [2.24, 2.45) is 4.99 Å². The van der Waals surface area contributed by atoms with Crippen LogP contribution in [0.1, 0.15) is 11.1 Å². The standard InChI is InChI=1S/C16H13N/c1-3-15(14-10-5-4-6-11-14)17-16-12-8-7-9-13(16)2/h1,4-12H,2H3. The van der Waals surface area contributed by atoms with E-state index in [0.29, 0.717) is 5.71 Å². The first-order chi connectivity index (χ1) is 8.31. The second kappa shape index (κ2) is 5.14. The fraction of sp³-hybridized carbons (Fsp3) is 0.0625. The van der Waals surface area contributed by atoms with E-state index < -0.39 is 0 Å². The minimum atomic E-state index is 0.667. The van der Waals surface area contributed by atoms with E-state index in [4.69, 9.17) is 6.42 Å². The Morgan fingerprint density at radius 1 is 1.00 bits per heavy atom. The van der Waals surface area contributed by atoms with Crippen molar-refractivity contribution in [2.75, 3.05) is 0 Å². The Hall–Kier alpha value is -2.33. The molecular weight excluding hydrogens is 206 g/mol. The van der Waals surface area contributed by atoms with Crippen LogP contribution in [0.15, 0.2) is 59.6 Å². The number of benzene rings is 2. The Kier molecular flexibility index (Phi) is 3.37. The van der Waals surface area contributed by atoms with Gasteiger partial charge in [0.05, 0.1) is 5.69 Å². The fourth-order valence-corrected chi connectivity index (χ4v) is 1.59. The van der Waals surface area contributed by atoms with Gasteiger partial charge in [-0.15, -0.1) is 6.42 Å². The first-order valence-electron chi connectivity index (χ1n) is 5.47. The van der Waals surface area contributed by atoms with Gasteiger partial charge in [-0.2, -0.15) is 0 Å². The Bertz CT molecular complexity index is 574. The summed E-state index contributed by atoms with van der Waals surface area (Å²) < 4.78 is 0. The number of nitrogens with zero attached hydrogens (tertiary/aromatic N) is 1. The molecule has 1 heteroatoms. The van der Waals surface area contributed by atoms with Gasteiger partial charge in [0.25, 0.3) is 0 Å². The molecule has 0 bridgehead atoms. The maximum absolute atomic E-state index is 5.52. The summed E-state index contributed by atoms with van der Waals surface area (Å²) in [5.41, 5.74) is 3.68. The molecule has 2 aromatic carbocycles. The number of rotatable bonds is 2. The molecule has 0 aromatic heterocycles. The van der Waals surface area contributed by atoms with Crippen molar-refractivity contribution < 1.29 is 0 Å². The predicted octanol–water partition coefficient (Wildman–Crippen LogP) is 3.75. The summed E-state index contributed by atoms with van der Waals surface area (Å²) in [5.74, 6) is 2.64. The molecular formula is C16H13N. The maximum atomic E-state index is 5.52. The Morgan fingerprint density at radius 2 is 1.65 bits per heavy atom. The average Bonchev–Trinajstić information content (AvgIpc) is 2.39. The van der Waals surface area contributed by atoms with Crippen molar-refractivity contribution in [1.82, 2.24) is 0 Å². The minimum absolute atomic E-state index is 0.667. The molecule has 82 valence electrons. The molecule has 2 aromatic rings. The van der Waals surface area contributed by atoms with Crippen molar-refractivity contribution >= 4 is 11.4 Å². The first kappa shape index (κ1) is 11.2. The van der Waals surface area contributed by atoms with Crippen molar-refractivity contribution in [1.29, 1.82) is 0 Å². The molecule has 0 saturated heterocycles. The molecule has 0 fully saturated rings. The van der Waals surface area contributed by atoms with Gasteiger partial charge in [0, 0.05) is 5.56 Å². The summed E-state index contributed by atoms with van der Waals surface area (Å²) in [5, 5.41) is 0. The largest absolute Gasteiger partial charge is 0.239 e. The van der Waals surface area contributed by atoms with Gasteiger partial charge in [0.2, 0.25) is 0 Å². The highest BCUT2D eigenvalue weighted by atomic mass is 14.7. The smallest absolute Gasteiger partial charge is 0.120 e. The Morgan fingerprint density at radius 3 is 2.29 bits per heavy atom. The lowest BCUT2D eigenvalue weighted by Gasteiger charge is -2.02. The van der Waals surface area contributed by atoms with Crippen molar-refractivity contribution in [3.8, 4) is 12.3 Å². The molecule has 0 radical (unpaired) electrons. The first-order valence-corrected chi connectivity index (χ1v) is 5.47. The summed E-state index contributed by atoms with van der Waals surface area (Å²) in [7, 11) is 0. The third kappa shape index (κ3) is 2.62. The number of hydrogen-bond donors (Lipinski definition) is 0. The van der Waals surface area contributed by atoms with Crippen LogP contribution in [0.4, 0.5) is 5.69 Å². The molecule has 0 saturated carbocycles. The summed E-state index contributed by atoms with van der Waals surface area (Å²) in [4.78, 5) is 4.53. The second-order valence-corrected chi connectivity index (χ2v) is 3.76. The van der Waals surface area contributed by atoms with Crippen LogP contribution < -0.4 is 0 Å². The van der Waals surface area contributed by atoms with Gasteiger partial charge < -0.3 is 0 Å². The van der Waals surface area contributed by atoms with Gasteiger partial charge in [-0.05, 0) is 24.5 Å². The van der Waals surface area contributed by atoms with Crippen LogP contribution >= 0.6 is 0 Å². The second-order valence-electron chi connectivity index (χ2n) is 3.76. The number of terminal acetylenes is 1. The van der Waals surface area contributed by atoms with Gasteiger partial charge in [-0.3, -0.25) is 0 Å². The summed E-state index contributed by atoms with van der Waals surface area (Å²) in [6.07, 6.45) is 5.52. The average molecular weight is 219 g/mol. The Labute approximate surface area is 102 Å². The zero-order chi connectivity index (χ0) is 12.1. The normalized spacial score (nSPS) is 10.9. The van der Waals surface area contributed by atoms with E-state index in [1.807, 2.05) is 61.5 Å². The van der Waals surface area contributed by atoms with Gasteiger partial charge in [-0.25, -0.2) is 4.99 Å². The molecule has 0 N–H and O–H groups in total. The van der Waals surface area contributed by atoms with Crippen LogP contribution in [-0.4, -0.2) is 5.71 Å². The van der Waals surface area contributed by atoms with E-state index in [0.717, 1.165) is 16.8 Å². The maximum Gasteiger partial charge on any atom is 0.120 e. The molecule has 0 spiro atoms. The van der Waals surface area contributed by atoms with E-state index in [9.17, 15) is 0 Å². The van der Waals surface area contributed by atoms with Gasteiger partial charge in [0.15, 0.2) is 0 Å². The molecule has 0 aliphatic heterocycles. The summed E-state index contributed by atoms with van der Waals surface area (Å²) in [6, 6.07) is 17.8. The fourth-order valence-electron chi connectivity index (χ4n) is 1.59. The zero-order valence-electron chi connectivity index (χ0n) is 9.72. The van der Waals surface area contributed by atoms with Gasteiger partial charge in [-0.1, -0.05) is 48.5 Å². The zero-order valence-corrected chi connectivity index (χ0v) is 9.72. The molecule has 1 nitrogen and oxygen atoms in total. The predicted molar refractivity (Wildman–Crippen MR) is 72.7 cm³/mol. The lowest BCUT2D eigenvalue weighted by atomic mass is 10.1. The number of aryl methyl sites for hydroxylation is 1. The van der Waals surface area contributed by atoms with E-state index in [-0.39, 0.29) is 0 Å². The van der Waals surface area contributed by atoms with E-state index in [1.165, 1.54) is 0 Å². The third-order valence-electron chi connectivity index (χ3n) is 2.53. The van der Waals surface area contributed by atoms with Gasteiger partial charge in [0.1, 0.15) is 5.71 Å². The van der Waals surface area contributed by atoms with Gasteiger partial charge >= 0.3 is 0 Å². The minimum Gasteiger partial charge on any atom is -0.239 e. The van der Waals surface area contributed by atoms with Crippen LogP contribution in [0.5, 0.6) is 0 Å². The highest BCUT2D eigenvalue weighted by Crippen LogP contribution is 2.18. The molecule has 0 unspecified atom stereocenters. The molecule has 0 aliphatic rings. The van der Waals surface area contributed by atoms with Crippen LogP contribution in [0.25, 0.3) is 0 Å². The Balaban J connectivity index is 2.45. The molecule has 0 heterocycles. The van der Waals surface area contributed by atoms with Crippen molar-refractivity contribution in [2.45, 2.75) is 6.92 Å². The molecule has 2 rings (SSSR count). The van der Waals surface area contributed by atoms with Crippen LogP contribution in [0, 0.1) is 19.3 Å². The molecule has 0 atom stereocenters. The lowest BCUT2D eigenvalue weighted by Crippen LogP contribution is -1.96. The third-order valence-corrected chi connectivity index (χ3v) is 2.53. The van der Waals surface area contributed by atoms with Crippen molar-refractivity contribution in [3.05, 3.63) is 65.7 Å². The quantitative estimate of drug-likeness (QED) is 0.539. The SMILES string of the molecule is C#CC(=Nc1ccccc1C)c1ccccc1. The van der Waals surface area contributed by atoms with Crippen molar-refractivity contribution in [3.63, 3.8) is 0 Å². The molecule has 0 amide bonds. The van der Waals surface area contributed by atoms with E-state index in [1.54, 1.807) is 0 Å². The highest BCUT2D eigenvalue weighted by Gasteiger charge is 2.00. The van der Waals surface area contributed by atoms with Crippen LogP contribution in [0.3, 0.4) is 0 Å². The molecule has 17 heavy (non-hydrogen) atoms. The number of aliphatic imine (C=N–C) groups is 1. The number of hydrogen-bond acceptors (Lipinski definition) is 1. The molecule has 0 aliphatic carbocycles. The van der Waals surface area contributed by atoms with Crippen LogP contribution in [0.2, 0.25) is 0 Å². The van der Waals surface area contributed by atoms with Crippen LogP contribution in [-0.2, 0) is 0 Å². The summed E-state index contributed by atoms with van der Waals surface area (Å²) in [6.45, 7) is 2.03.